The molecular formula is C16H22FNO. The van der Waals surface area contributed by atoms with Crippen LogP contribution in [0.1, 0.15) is 49.0 Å². The van der Waals surface area contributed by atoms with Crippen molar-refractivity contribution in [1.29, 1.82) is 0 Å². The van der Waals surface area contributed by atoms with Crippen molar-refractivity contribution in [3.05, 3.63) is 35.1 Å². The first-order valence-corrected chi connectivity index (χ1v) is 7.02. The van der Waals surface area contributed by atoms with Crippen LogP contribution >= 0.6 is 0 Å². The summed E-state index contributed by atoms with van der Waals surface area (Å²) < 4.78 is 13.0. The Kier molecular flexibility index (Phi) is 4.23. The lowest BCUT2D eigenvalue weighted by atomic mass is 9.80. The number of hydrogen-bond acceptors (Lipinski definition) is 1. The Morgan fingerprint density at radius 3 is 2.42 bits per heavy atom. The zero-order valence-corrected chi connectivity index (χ0v) is 11.9. The molecule has 3 heteroatoms. The molecule has 19 heavy (non-hydrogen) atoms. The largest absolute Gasteiger partial charge is 0.349 e. The van der Waals surface area contributed by atoms with Crippen molar-refractivity contribution in [3.63, 3.8) is 0 Å². The lowest BCUT2D eigenvalue weighted by Crippen LogP contribution is -2.40. The summed E-state index contributed by atoms with van der Waals surface area (Å²) in [4.78, 5) is 12.2. The van der Waals surface area contributed by atoms with Crippen LogP contribution in [0.3, 0.4) is 0 Å². The van der Waals surface area contributed by atoms with Crippen molar-refractivity contribution in [1.82, 2.24) is 5.32 Å². The van der Waals surface area contributed by atoms with E-state index in [1.54, 1.807) is 13.0 Å². The van der Waals surface area contributed by atoms with Gasteiger partial charge in [0, 0.05) is 11.6 Å². The molecular weight excluding hydrogens is 241 g/mol. The number of rotatable bonds is 2. The fourth-order valence-electron chi connectivity index (χ4n) is 3.21. The number of hydrogen-bond donors (Lipinski definition) is 1. The van der Waals surface area contributed by atoms with E-state index in [9.17, 15) is 9.18 Å². The van der Waals surface area contributed by atoms with Gasteiger partial charge >= 0.3 is 0 Å². The monoisotopic (exact) mass is 263 g/mol. The summed E-state index contributed by atoms with van der Waals surface area (Å²) >= 11 is 0. The maximum atomic E-state index is 13.0. The third kappa shape index (κ3) is 3.55. The van der Waals surface area contributed by atoms with Crippen molar-refractivity contribution in [2.75, 3.05) is 0 Å². The molecule has 2 rings (SSSR count). The first-order chi connectivity index (χ1) is 8.95. The number of benzene rings is 1. The number of halogens is 1. The van der Waals surface area contributed by atoms with Crippen molar-refractivity contribution in [2.45, 2.75) is 46.1 Å². The Hall–Kier alpha value is -1.38. The molecule has 2 nitrogen and oxygen atoms in total. The molecule has 0 aromatic heterocycles. The Morgan fingerprint density at radius 1 is 1.21 bits per heavy atom. The normalized spacial score (nSPS) is 27.1. The summed E-state index contributed by atoms with van der Waals surface area (Å²) in [5, 5.41) is 3.09. The van der Waals surface area contributed by atoms with Gasteiger partial charge in [-0.15, -0.1) is 0 Å². The van der Waals surface area contributed by atoms with Gasteiger partial charge in [-0.25, -0.2) is 4.39 Å². The van der Waals surface area contributed by atoms with Crippen LogP contribution in [0, 0.1) is 24.6 Å². The molecule has 1 N–H and O–H groups in total. The molecule has 104 valence electrons. The highest BCUT2D eigenvalue weighted by Gasteiger charge is 2.25. The second kappa shape index (κ2) is 5.72. The molecule has 1 fully saturated rings. The van der Waals surface area contributed by atoms with Gasteiger partial charge in [0.05, 0.1) is 0 Å². The molecule has 0 spiro atoms. The zero-order valence-electron chi connectivity index (χ0n) is 11.9. The molecule has 0 radical (unpaired) electrons. The SMILES string of the molecule is Cc1cc(F)ccc1C(=O)NC1CC(C)CC(C)C1. The van der Waals surface area contributed by atoms with Crippen LogP contribution < -0.4 is 5.32 Å². The van der Waals surface area contributed by atoms with E-state index in [2.05, 4.69) is 19.2 Å². The molecule has 1 aliphatic rings. The van der Waals surface area contributed by atoms with Crippen molar-refractivity contribution in [3.8, 4) is 0 Å². The second-order valence-corrected chi connectivity index (χ2v) is 6.05. The van der Waals surface area contributed by atoms with Gasteiger partial charge in [0.1, 0.15) is 5.82 Å². The van der Waals surface area contributed by atoms with Crippen molar-refractivity contribution in [2.24, 2.45) is 11.8 Å². The average molecular weight is 263 g/mol. The Balaban J connectivity index is 2.04. The molecule has 2 atom stereocenters. The molecule has 0 saturated heterocycles. The quantitative estimate of drug-likeness (QED) is 0.866. The zero-order chi connectivity index (χ0) is 14.0. The topological polar surface area (TPSA) is 29.1 Å². The summed E-state index contributed by atoms with van der Waals surface area (Å²) in [5.74, 6) is 0.935. The minimum Gasteiger partial charge on any atom is -0.349 e. The third-order valence-corrected chi connectivity index (χ3v) is 3.95. The molecule has 0 heterocycles. The van der Waals surface area contributed by atoms with Gasteiger partial charge in [-0.3, -0.25) is 4.79 Å². The van der Waals surface area contributed by atoms with Crippen LogP contribution in [-0.4, -0.2) is 11.9 Å². The minimum absolute atomic E-state index is 0.0798. The highest BCUT2D eigenvalue weighted by atomic mass is 19.1. The smallest absolute Gasteiger partial charge is 0.251 e. The summed E-state index contributed by atoms with van der Waals surface area (Å²) in [6.45, 7) is 6.24. The molecule has 1 aromatic carbocycles. The van der Waals surface area contributed by atoms with Crippen molar-refractivity contribution < 1.29 is 9.18 Å². The molecule has 2 unspecified atom stereocenters. The number of carbonyl (C=O) groups is 1. The number of amides is 1. The van der Waals surface area contributed by atoms with E-state index in [1.807, 2.05) is 0 Å². The minimum atomic E-state index is -0.297. The van der Waals surface area contributed by atoms with Crippen LogP contribution in [0.15, 0.2) is 18.2 Å². The Bertz CT molecular complexity index is 462. The number of aryl methyl sites for hydroxylation is 1. The average Bonchev–Trinajstić information content (AvgIpc) is 2.26. The van der Waals surface area contributed by atoms with Crippen LogP contribution in [0.2, 0.25) is 0 Å². The van der Waals surface area contributed by atoms with Gasteiger partial charge in [-0.2, -0.15) is 0 Å². The Morgan fingerprint density at radius 2 is 1.84 bits per heavy atom. The highest BCUT2D eigenvalue weighted by Crippen LogP contribution is 2.28. The van der Waals surface area contributed by atoms with E-state index in [0.29, 0.717) is 23.0 Å². The number of nitrogens with one attached hydrogen (secondary N) is 1. The van der Waals surface area contributed by atoms with E-state index >= 15 is 0 Å². The number of carbonyl (C=O) groups excluding carboxylic acids is 1. The van der Waals surface area contributed by atoms with Crippen molar-refractivity contribution >= 4 is 5.91 Å². The van der Waals surface area contributed by atoms with Gasteiger partial charge in [-0.05, 0) is 61.8 Å². The summed E-state index contributed by atoms with van der Waals surface area (Å²) in [5.41, 5.74) is 1.27. The Labute approximate surface area is 114 Å². The lowest BCUT2D eigenvalue weighted by molar-refractivity contribution is 0.0910. The lowest BCUT2D eigenvalue weighted by Gasteiger charge is -2.32. The van der Waals surface area contributed by atoms with E-state index in [0.717, 1.165) is 12.8 Å². The third-order valence-electron chi connectivity index (χ3n) is 3.95. The summed E-state index contributed by atoms with van der Waals surface area (Å²) in [6, 6.07) is 4.56. The molecule has 1 aromatic rings. The predicted molar refractivity (Wildman–Crippen MR) is 74.6 cm³/mol. The molecule has 0 aliphatic heterocycles. The molecule has 1 aliphatic carbocycles. The van der Waals surface area contributed by atoms with Gasteiger partial charge in [0.2, 0.25) is 0 Å². The summed E-state index contributed by atoms with van der Waals surface area (Å²) in [7, 11) is 0. The predicted octanol–water partition coefficient (Wildman–Crippen LogP) is 3.69. The van der Waals surface area contributed by atoms with Crippen LogP contribution in [-0.2, 0) is 0 Å². The molecule has 1 saturated carbocycles. The standard InChI is InChI=1S/C16H22FNO/c1-10-6-11(2)8-14(7-10)18-16(19)15-5-4-13(17)9-12(15)3/h4-5,9-11,14H,6-8H2,1-3H3,(H,18,19). The summed E-state index contributed by atoms with van der Waals surface area (Å²) in [6.07, 6.45) is 3.31. The van der Waals surface area contributed by atoms with Gasteiger partial charge in [0.15, 0.2) is 0 Å². The maximum Gasteiger partial charge on any atom is 0.251 e. The van der Waals surface area contributed by atoms with Crippen LogP contribution in [0.4, 0.5) is 4.39 Å². The highest BCUT2D eigenvalue weighted by molar-refractivity contribution is 5.95. The van der Waals surface area contributed by atoms with Gasteiger partial charge < -0.3 is 5.32 Å². The van der Waals surface area contributed by atoms with E-state index < -0.39 is 0 Å². The van der Waals surface area contributed by atoms with Crippen LogP contribution in [0.5, 0.6) is 0 Å². The fraction of sp³-hybridized carbons (Fsp3) is 0.562. The van der Waals surface area contributed by atoms with E-state index in [4.69, 9.17) is 0 Å². The molecule has 1 amide bonds. The van der Waals surface area contributed by atoms with Gasteiger partial charge in [-0.1, -0.05) is 13.8 Å². The van der Waals surface area contributed by atoms with E-state index in [-0.39, 0.29) is 17.8 Å². The first kappa shape index (κ1) is 14.0. The molecule has 0 bridgehead atoms. The van der Waals surface area contributed by atoms with Crippen LogP contribution in [0.25, 0.3) is 0 Å². The fourth-order valence-corrected chi connectivity index (χ4v) is 3.21. The second-order valence-electron chi connectivity index (χ2n) is 6.05. The first-order valence-electron chi connectivity index (χ1n) is 7.02. The van der Waals surface area contributed by atoms with E-state index in [1.165, 1.54) is 18.6 Å². The van der Waals surface area contributed by atoms with Gasteiger partial charge in [0.25, 0.3) is 5.91 Å². The maximum absolute atomic E-state index is 13.0.